The summed E-state index contributed by atoms with van der Waals surface area (Å²) in [5.74, 6) is 1.83. The maximum absolute atomic E-state index is 12.7. The minimum atomic E-state index is -0.278. The van der Waals surface area contributed by atoms with E-state index in [4.69, 9.17) is 41.8 Å². The van der Waals surface area contributed by atoms with Crippen molar-refractivity contribution >= 4 is 34.2 Å². The molecule has 1 heterocycles. The summed E-state index contributed by atoms with van der Waals surface area (Å²) in [7, 11) is 1.58. The number of benzene rings is 3. The van der Waals surface area contributed by atoms with Crippen LogP contribution in [0.4, 0.5) is 0 Å². The van der Waals surface area contributed by atoms with E-state index in [9.17, 15) is 4.79 Å². The Morgan fingerprint density at radius 2 is 1.63 bits per heavy atom. The monoisotopic (exact) mass is 442 g/mol. The predicted octanol–water partition coefficient (Wildman–Crippen LogP) is 6.48. The molecule has 4 aromatic rings. The van der Waals surface area contributed by atoms with E-state index in [1.54, 1.807) is 67.8 Å². The van der Waals surface area contributed by atoms with E-state index in [2.05, 4.69) is 0 Å². The van der Waals surface area contributed by atoms with E-state index in [1.165, 1.54) is 6.26 Å². The second kappa shape index (κ2) is 8.69. The Bertz CT molecular complexity index is 1250. The summed E-state index contributed by atoms with van der Waals surface area (Å²) in [4.78, 5) is 12.7. The van der Waals surface area contributed by atoms with E-state index < -0.39 is 0 Å². The summed E-state index contributed by atoms with van der Waals surface area (Å²) < 4.78 is 22.1. The second-order valence-corrected chi connectivity index (χ2v) is 7.23. The fraction of sp³-hybridized carbons (Fsp3) is 0.0870. The fourth-order valence-corrected chi connectivity index (χ4v) is 3.28. The van der Waals surface area contributed by atoms with Crippen LogP contribution >= 0.6 is 23.2 Å². The molecule has 0 fully saturated rings. The fourth-order valence-electron chi connectivity index (χ4n) is 2.82. The van der Waals surface area contributed by atoms with Crippen molar-refractivity contribution in [3.05, 3.63) is 92.8 Å². The summed E-state index contributed by atoms with van der Waals surface area (Å²) in [6.07, 6.45) is 1.29. The first kappa shape index (κ1) is 20.1. The van der Waals surface area contributed by atoms with Crippen LogP contribution in [0, 0.1) is 0 Å². The predicted molar refractivity (Wildman–Crippen MR) is 116 cm³/mol. The van der Waals surface area contributed by atoms with Gasteiger partial charge in [0.25, 0.3) is 0 Å². The lowest BCUT2D eigenvalue weighted by molar-refractivity contribution is 0.306. The maximum Gasteiger partial charge on any atom is 0.235 e. The van der Waals surface area contributed by atoms with Crippen LogP contribution in [-0.4, -0.2) is 7.11 Å². The van der Waals surface area contributed by atoms with Crippen molar-refractivity contribution in [2.24, 2.45) is 0 Å². The number of hydrogen-bond donors (Lipinski definition) is 0. The molecule has 0 spiro atoms. The molecule has 3 aromatic carbocycles. The van der Waals surface area contributed by atoms with Crippen molar-refractivity contribution in [2.45, 2.75) is 6.61 Å². The van der Waals surface area contributed by atoms with Gasteiger partial charge in [0.1, 0.15) is 35.7 Å². The Balaban J connectivity index is 1.53. The molecule has 7 heteroatoms. The lowest BCUT2D eigenvalue weighted by atomic mass is 10.2. The third-order valence-corrected chi connectivity index (χ3v) is 5.00. The average Bonchev–Trinajstić information content (AvgIpc) is 2.75. The highest BCUT2D eigenvalue weighted by Gasteiger charge is 2.11. The van der Waals surface area contributed by atoms with Gasteiger partial charge >= 0.3 is 0 Å². The second-order valence-electron chi connectivity index (χ2n) is 6.39. The first-order valence-electron chi connectivity index (χ1n) is 8.97. The van der Waals surface area contributed by atoms with Crippen LogP contribution in [-0.2, 0) is 6.61 Å². The summed E-state index contributed by atoms with van der Waals surface area (Å²) in [5.41, 5.74) is 0.909. The summed E-state index contributed by atoms with van der Waals surface area (Å²) in [6.45, 7) is 0.254. The molecule has 0 unspecified atom stereocenters. The highest BCUT2D eigenvalue weighted by atomic mass is 35.5. The van der Waals surface area contributed by atoms with Crippen LogP contribution in [0.1, 0.15) is 5.56 Å². The Labute approximate surface area is 182 Å². The van der Waals surface area contributed by atoms with Gasteiger partial charge in [-0.05, 0) is 48.5 Å². The van der Waals surface area contributed by atoms with Gasteiger partial charge in [-0.1, -0.05) is 29.3 Å². The lowest BCUT2D eigenvalue weighted by Gasteiger charge is -2.09. The van der Waals surface area contributed by atoms with Gasteiger partial charge in [0.2, 0.25) is 11.2 Å². The molecular formula is C23H16Cl2O5. The smallest absolute Gasteiger partial charge is 0.235 e. The average molecular weight is 443 g/mol. The molecular weight excluding hydrogens is 427 g/mol. The molecule has 0 radical (unpaired) electrons. The van der Waals surface area contributed by atoms with E-state index in [0.717, 1.165) is 5.56 Å². The highest BCUT2D eigenvalue weighted by molar-refractivity contribution is 6.35. The molecule has 152 valence electrons. The van der Waals surface area contributed by atoms with Crippen molar-refractivity contribution < 1.29 is 18.6 Å². The van der Waals surface area contributed by atoms with Crippen LogP contribution in [0.2, 0.25) is 10.0 Å². The Morgan fingerprint density at radius 1 is 0.900 bits per heavy atom. The number of fused-ring (bicyclic) bond motifs is 1. The normalized spacial score (nSPS) is 10.8. The first-order valence-corrected chi connectivity index (χ1v) is 9.73. The van der Waals surface area contributed by atoms with E-state index in [0.29, 0.717) is 38.3 Å². The van der Waals surface area contributed by atoms with E-state index >= 15 is 0 Å². The highest BCUT2D eigenvalue weighted by Crippen LogP contribution is 2.27. The molecule has 0 aliphatic carbocycles. The number of methoxy groups -OCH3 is 1. The number of hydrogen-bond acceptors (Lipinski definition) is 5. The third kappa shape index (κ3) is 4.37. The summed E-state index contributed by atoms with van der Waals surface area (Å²) in [6, 6.07) is 17.1. The number of halogens is 2. The van der Waals surface area contributed by atoms with Crippen molar-refractivity contribution in [3.8, 4) is 23.0 Å². The Kier molecular flexibility index (Phi) is 5.84. The zero-order valence-corrected chi connectivity index (χ0v) is 17.4. The van der Waals surface area contributed by atoms with Gasteiger partial charge in [-0.2, -0.15) is 0 Å². The molecule has 30 heavy (non-hydrogen) atoms. The minimum Gasteiger partial charge on any atom is -0.497 e. The summed E-state index contributed by atoms with van der Waals surface area (Å²) >= 11 is 12.1. The minimum absolute atomic E-state index is 0.0919. The van der Waals surface area contributed by atoms with Gasteiger partial charge in [0.05, 0.1) is 12.5 Å². The van der Waals surface area contributed by atoms with Crippen LogP contribution in [0.15, 0.2) is 76.1 Å². The van der Waals surface area contributed by atoms with Crippen LogP contribution in [0.25, 0.3) is 11.0 Å². The van der Waals surface area contributed by atoms with Crippen LogP contribution in [0.3, 0.4) is 0 Å². The standard InChI is InChI=1S/C23H16Cl2O5/c1-27-16-4-6-17(7-5-16)30-22-13-29-21-11-18(8-9-19(21)23(22)26)28-12-14-2-3-15(24)10-20(14)25/h2-11,13H,12H2,1H3. The molecule has 0 bridgehead atoms. The van der Waals surface area contributed by atoms with Gasteiger partial charge < -0.3 is 18.6 Å². The van der Waals surface area contributed by atoms with Crippen molar-refractivity contribution in [1.29, 1.82) is 0 Å². The van der Waals surface area contributed by atoms with E-state index in [-0.39, 0.29) is 17.8 Å². The molecule has 0 aliphatic rings. The molecule has 0 aliphatic heterocycles. The maximum atomic E-state index is 12.7. The molecule has 0 N–H and O–H groups in total. The molecule has 0 saturated heterocycles. The lowest BCUT2D eigenvalue weighted by Crippen LogP contribution is -2.05. The topological polar surface area (TPSA) is 57.9 Å². The van der Waals surface area contributed by atoms with Crippen LogP contribution in [0.5, 0.6) is 23.0 Å². The van der Waals surface area contributed by atoms with Crippen molar-refractivity contribution in [2.75, 3.05) is 7.11 Å². The number of rotatable bonds is 6. The zero-order valence-electron chi connectivity index (χ0n) is 15.9. The van der Waals surface area contributed by atoms with Crippen molar-refractivity contribution in [3.63, 3.8) is 0 Å². The Morgan fingerprint density at radius 3 is 2.37 bits per heavy atom. The van der Waals surface area contributed by atoms with E-state index in [1.807, 2.05) is 0 Å². The third-order valence-electron chi connectivity index (χ3n) is 4.41. The largest absolute Gasteiger partial charge is 0.497 e. The van der Waals surface area contributed by atoms with Gasteiger partial charge in [0.15, 0.2) is 0 Å². The molecule has 0 saturated carbocycles. The molecule has 4 rings (SSSR count). The molecule has 5 nitrogen and oxygen atoms in total. The quantitative estimate of drug-likeness (QED) is 0.341. The molecule has 1 aromatic heterocycles. The van der Waals surface area contributed by atoms with Gasteiger partial charge in [-0.3, -0.25) is 4.79 Å². The summed E-state index contributed by atoms with van der Waals surface area (Å²) in [5, 5.41) is 1.47. The SMILES string of the molecule is COc1ccc(Oc2coc3cc(OCc4ccc(Cl)cc4Cl)ccc3c2=O)cc1. The van der Waals surface area contributed by atoms with Gasteiger partial charge in [-0.15, -0.1) is 0 Å². The van der Waals surface area contributed by atoms with Gasteiger partial charge in [-0.25, -0.2) is 0 Å². The molecule has 0 atom stereocenters. The van der Waals surface area contributed by atoms with Crippen molar-refractivity contribution in [1.82, 2.24) is 0 Å². The van der Waals surface area contributed by atoms with Crippen LogP contribution < -0.4 is 19.6 Å². The first-order chi connectivity index (χ1) is 14.5. The molecule has 0 amide bonds. The zero-order chi connectivity index (χ0) is 21.1. The number of ether oxygens (including phenoxy) is 3. The Hall–Kier alpha value is -3.15. The van der Waals surface area contributed by atoms with Gasteiger partial charge in [0, 0.05) is 21.7 Å².